The summed E-state index contributed by atoms with van der Waals surface area (Å²) in [5, 5.41) is 22.8. The standard InChI is InChI=1S/C17H20N4O4.2HI/c22-18-6-10-20-8-1-4-16(14-20)24-12-3-13-25-17-5-2-9-21(15-17)11-7-19-23;;/h1-2,4-9,14-15H,3,10-13H2;2*1H/b18-6+,19-7+;;. The van der Waals surface area contributed by atoms with Crippen molar-refractivity contribution in [3.05, 3.63) is 49.1 Å². The maximum absolute atomic E-state index is 8.44. The third-order valence-electron chi connectivity index (χ3n) is 3.24. The summed E-state index contributed by atoms with van der Waals surface area (Å²) < 4.78 is 15.1. The minimum Gasteiger partial charge on any atom is -1.00 e. The van der Waals surface area contributed by atoms with Crippen LogP contribution >= 0.6 is 0 Å². The van der Waals surface area contributed by atoms with E-state index in [0.717, 1.165) is 17.9 Å². The quantitative estimate of drug-likeness (QED) is 0.0715. The van der Waals surface area contributed by atoms with E-state index < -0.39 is 0 Å². The second-order valence-electron chi connectivity index (χ2n) is 5.12. The smallest absolute Gasteiger partial charge is 0.211 e. The maximum atomic E-state index is 8.44. The lowest BCUT2D eigenvalue weighted by molar-refractivity contribution is -0.681. The van der Waals surface area contributed by atoms with Crippen LogP contribution in [0.1, 0.15) is 6.42 Å². The van der Waals surface area contributed by atoms with Gasteiger partial charge in [0.1, 0.15) is 12.4 Å². The molecular formula is C17H22I2N4O4. The highest BCUT2D eigenvalue weighted by Crippen LogP contribution is 2.08. The number of hydrogen-bond acceptors (Lipinski definition) is 6. The summed E-state index contributed by atoms with van der Waals surface area (Å²) in [4.78, 5) is 0. The van der Waals surface area contributed by atoms with Gasteiger partial charge in [0.25, 0.3) is 0 Å². The molecule has 0 aliphatic carbocycles. The van der Waals surface area contributed by atoms with Gasteiger partial charge in [-0.25, -0.2) is 0 Å². The van der Waals surface area contributed by atoms with E-state index >= 15 is 0 Å². The predicted molar refractivity (Wildman–Crippen MR) is 89.4 cm³/mol. The van der Waals surface area contributed by atoms with Crippen molar-refractivity contribution in [2.45, 2.75) is 19.5 Å². The first kappa shape index (κ1) is 25.3. The van der Waals surface area contributed by atoms with Crippen molar-refractivity contribution in [3.63, 3.8) is 0 Å². The summed E-state index contributed by atoms with van der Waals surface area (Å²) in [5.41, 5.74) is 0. The van der Waals surface area contributed by atoms with Gasteiger partial charge in [0.15, 0.2) is 37.0 Å². The normalized spacial score (nSPS) is 10.4. The molecule has 0 aliphatic heterocycles. The summed E-state index contributed by atoms with van der Waals surface area (Å²) in [6.07, 6.45) is 10.9. The molecule has 2 rings (SSSR count). The number of aromatic nitrogens is 2. The molecule has 0 unspecified atom stereocenters. The number of oxime groups is 2. The molecule has 0 saturated heterocycles. The van der Waals surface area contributed by atoms with E-state index in [-0.39, 0.29) is 48.0 Å². The Morgan fingerprint density at radius 2 is 1.26 bits per heavy atom. The lowest BCUT2D eigenvalue weighted by Gasteiger charge is -2.06. The van der Waals surface area contributed by atoms with E-state index in [1.165, 1.54) is 12.4 Å². The van der Waals surface area contributed by atoms with Gasteiger partial charge < -0.3 is 67.8 Å². The highest BCUT2D eigenvalue weighted by molar-refractivity contribution is 5.54. The molecule has 0 atom stereocenters. The fourth-order valence-electron chi connectivity index (χ4n) is 2.09. The molecule has 27 heavy (non-hydrogen) atoms. The zero-order chi connectivity index (χ0) is 17.7. The molecule has 2 aromatic rings. The Labute approximate surface area is 192 Å². The Hall–Kier alpha value is -1.70. The monoisotopic (exact) mass is 600 g/mol. The molecule has 0 aliphatic rings. The molecule has 0 aromatic carbocycles. The number of halogens is 2. The van der Waals surface area contributed by atoms with Crippen LogP contribution in [0.25, 0.3) is 0 Å². The molecule has 0 bridgehead atoms. The van der Waals surface area contributed by atoms with E-state index in [4.69, 9.17) is 19.9 Å². The van der Waals surface area contributed by atoms with Crippen LogP contribution in [-0.4, -0.2) is 36.1 Å². The third-order valence-corrected chi connectivity index (χ3v) is 3.24. The van der Waals surface area contributed by atoms with Gasteiger partial charge in [-0.3, -0.25) is 0 Å². The van der Waals surface area contributed by atoms with Crippen molar-refractivity contribution in [1.82, 2.24) is 0 Å². The predicted octanol–water partition coefficient (Wildman–Crippen LogP) is -4.96. The van der Waals surface area contributed by atoms with Gasteiger partial charge >= 0.3 is 0 Å². The first-order valence-corrected chi connectivity index (χ1v) is 7.87. The lowest BCUT2D eigenvalue weighted by Crippen LogP contribution is -3.00. The van der Waals surface area contributed by atoms with Gasteiger partial charge in [-0.05, 0) is 12.1 Å². The molecule has 0 spiro atoms. The van der Waals surface area contributed by atoms with Crippen LogP contribution in [-0.2, 0) is 13.1 Å². The average molecular weight is 600 g/mol. The Bertz CT molecular complexity index is 657. The van der Waals surface area contributed by atoms with Crippen LogP contribution in [0.2, 0.25) is 0 Å². The highest BCUT2D eigenvalue weighted by atomic mass is 127. The van der Waals surface area contributed by atoms with Crippen molar-refractivity contribution in [2.24, 2.45) is 10.3 Å². The van der Waals surface area contributed by atoms with Gasteiger partial charge in [-0.15, -0.1) is 0 Å². The number of pyridine rings is 2. The van der Waals surface area contributed by atoms with E-state index in [1.54, 1.807) is 0 Å². The van der Waals surface area contributed by atoms with Crippen molar-refractivity contribution in [1.29, 1.82) is 0 Å². The molecule has 10 heteroatoms. The second-order valence-corrected chi connectivity index (χ2v) is 5.12. The molecule has 0 fully saturated rings. The Morgan fingerprint density at radius 1 is 0.815 bits per heavy atom. The lowest BCUT2D eigenvalue weighted by atomic mass is 10.4. The van der Waals surface area contributed by atoms with Crippen LogP contribution in [0.15, 0.2) is 59.4 Å². The average Bonchev–Trinajstić information content (AvgIpc) is 2.65. The number of nitrogens with zero attached hydrogens (tertiary/aromatic N) is 4. The van der Waals surface area contributed by atoms with E-state index in [2.05, 4.69) is 10.3 Å². The zero-order valence-electron chi connectivity index (χ0n) is 14.6. The van der Waals surface area contributed by atoms with E-state index in [1.807, 2.05) is 58.2 Å². The summed E-state index contributed by atoms with van der Waals surface area (Å²) in [5.74, 6) is 1.49. The van der Waals surface area contributed by atoms with Crippen LogP contribution in [0.4, 0.5) is 0 Å². The first-order chi connectivity index (χ1) is 12.3. The summed E-state index contributed by atoms with van der Waals surface area (Å²) in [6, 6.07) is 7.48. The SMILES string of the molecule is O/N=C/C[n+]1cccc(OCCCOc2ccc[n+](C/C=N/O)c2)c1.[I-].[I-]. The van der Waals surface area contributed by atoms with Crippen LogP contribution in [0.3, 0.4) is 0 Å². The van der Waals surface area contributed by atoms with E-state index in [9.17, 15) is 0 Å². The minimum absolute atomic E-state index is 0. The van der Waals surface area contributed by atoms with Gasteiger partial charge in [0.2, 0.25) is 12.4 Å². The number of hydrogen-bond donors (Lipinski definition) is 2. The second kappa shape index (κ2) is 15.4. The molecule has 0 radical (unpaired) electrons. The fraction of sp³-hybridized carbons (Fsp3) is 0.294. The molecular weight excluding hydrogens is 578 g/mol. The molecule has 2 heterocycles. The maximum Gasteiger partial charge on any atom is 0.211 e. The van der Waals surface area contributed by atoms with Crippen molar-refractivity contribution in [3.8, 4) is 11.5 Å². The third kappa shape index (κ3) is 10.3. The Morgan fingerprint density at radius 3 is 1.67 bits per heavy atom. The van der Waals surface area contributed by atoms with Gasteiger partial charge in [-0.2, -0.15) is 9.13 Å². The fourth-order valence-corrected chi connectivity index (χ4v) is 2.09. The molecule has 2 aromatic heterocycles. The molecule has 148 valence electrons. The zero-order valence-corrected chi connectivity index (χ0v) is 18.9. The van der Waals surface area contributed by atoms with Gasteiger partial charge in [0, 0.05) is 18.6 Å². The molecule has 8 nitrogen and oxygen atoms in total. The minimum atomic E-state index is 0. The van der Waals surface area contributed by atoms with Crippen molar-refractivity contribution in [2.75, 3.05) is 13.2 Å². The summed E-state index contributed by atoms with van der Waals surface area (Å²) in [7, 11) is 0. The van der Waals surface area contributed by atoms with Crippen LogP contribution < -0.4 is 66.6 Å². The van der Waals surface area contributed by atoms with Crippen molar-refractivity contribution < 1.29 is 77.0 Å². The van der Waals surface area contributed by atoms with Gasteiger partial charge in [0.05, 0.1) is 13.2 Å². The summed E-state index contributed by atoms with van der Waals surface area (Å²) in [6.45, 7) is 2.02. The number of ether oxygens (including phenoxy) is 2. The van der Waals surface area contributed by atoms with Gasteiger partial charge in [-0.1, -0.05) is 10.3 Å². The van der Waals surface area contributed by atoms with Crippen molar-refractivity contribution >= 4 is 12.4 Å². The summed E-state index contributed by atoms with van der Waals surface area (Å²) >= 11 is 0. The Kier molecular flexibility index (Phi) is 14.4. The topological polar surface area (TPSA) is 91.4 Å². The largest absolute Gasteiger partial charge is 1.00 e. The van der Waals surface area contributed by atoms with E-state index in [0.29, 0.717) is 26.3 Å². The van der Waals surface area contributed by atoms with Crippen LogP contribution in [0.5, 0.6) is 11.5 Å². The van der Waals surface area contributed by atoms with Crippen LogP contribution in [0, 0.1) is 0 Å². The molecule has 0 amide bonds. The first-order valence-electron chi connectivity index (χ1n) is 7.87. The molecule has 0 saturated carbocycles. The Balaban J connectivity index is 0.00000338. The number of rotatable bonds is 10. The molecule has 2 N–H and O–H groups in total. The highest BCUT2D eigenvalue weighted by Gasteiger charge is 2.04.